The lowest BCUT2D eigenvalue weighted by atomic mass is 9.91. The zero-order chi connectivity index (χ0) is 17.9. The van der Waals surface area contributed by atoms with Gasteiger partial charge < -0.3 is 19.1 Å². The molecular formula is C17H31NO5. The van der Waals surface area contributed by atoms with Crippen LogP contribution < -0.4 is 0 Å². The molecule has 6 heteroatoms. The maximum absolute atomic E-state index is 12.1. The molecule has 1 saturated heterocycles. The van der Waals surface area contributed by atoms with Crippen LogP contribution in [0.25, 0.3) is 0 Å². The number of amides is 1. The molecule has 0 saturated carbocycles. The Morgan fingerprint density at radius 1 is 1.09 bits per heavy atom. The van der Waals surface area contributed by atoms with Crippen molar-refractivity contribution in [3.63, 3.8) is 0 Å². The Bertz CT molecular complexity index is 431. The van der Waals surface area contributed by atoms with Gasteiger partial charge in [-0.2, -0.15) is 0 Å². The largest absolute Gasteiger partial charge is 0.469 e. The second kappa shape index (κ2) is 7.07. The first-order chi connectivity index (χ1) is 10.4. The lowest BCUT2D eigenvalue weighted by Crippen LogP contribution is -2.49. The van der Waals surface area contributed by atoms with Crippen molar-refractivity contribution in [3.05, 3.63) is 0 Å². The van der Waals surface area contributed by atoms with Crippen molar-refractivity contribution < 1.29 is 23.8 Å². The summed E-state index contributed by atoms with van der Waals surface area (Å²) < 4.78 is 16.2. The maximum atomic E-state index is 12.1. The Hall–Kier alpha value is -1.30. The molecule has 0 unspecified atom stereocenters. The van der Waals surface area contributed by atoms with Gasteiger partial charge in [-0.25, -0.2) is 4.79 Å². The van der Waals surface area contributed by atoms with E-state index in [9.17, 15) is 9.59 Å². The van der Waals surface area contributed by atoms with E-state index in [4.69, 9.17) is 14.2 Å². The maximum Gasteiger partial charge on any atom is 0.410 e. The highest BCUT2D eigenvalue weighted by molar-refractivity contribution is 5.75. The van der Waals surface area contributed by atoms with Crippen LogP contribution in [0.1, 0.15) is 54.4 Å². The topological polar surface area (TPSA) is 65.1 Å². The molecule has 0 aliphatic carbocycles. The SMILES string of the molecule is COC(=O)C(C)(C)COC1(C)CCN(C(=O)OC(C)(C)C)CC1. The van der Waals surface area contributed by atoms with Gasteiger partial charge in [0.05, 0.1) is 24.7 Å². The smallest absolute Gasteiger partial charge is 0.410 e. The summed E-state index contributed by atoms with van der Waals surface area (Å²) in [5.41, 5.74) is -1.51. The van der Waals surface area contributed by atoms with Gasteiger partial charge in [0.15, 0.2) is 0 Å². The Balaban J connectivity index is 2.51. The molecule has 0 N–H and O–H groups in total. The number of carbonyl (C=O) groups is 2. The summed E-state index contributed by atoms with van der Waals surface area (Å²) in [6.45, 7) is 12.7. The monoisotopic (exact) mass is 329 g/mol. The van der Waals surface area contributed by atoms with E-state index in [1.807, 2.05) is 27.7 Å². The molecule has 1 amide bonds. The van der Waals surface area contributed by atoms with Crippen LogP contribution in [-0.4, -0.2) is 55.0 Å². The molecule has 0 atom stereocenters. The average molecular weight is 329 g/mol. The zero-order valence-electron chi connectivity index (χ0n) is 15.5. The standard InChI is InChI=1S/C17H31NO5/c1-15(2,3)23-14(20)18-10-8-17(6,9-11-18)22-12-16(4,5)13(19)21-7/h8-12H2,1-7H3. The van der Waals surface area contributed by atoms with Gasteiger partial charge in [0.2, 0.25) is 0 Å². The highest BCUT2D eigenvalue weighted by Crippen LogP contribution is 2.29. The van der Waals surface area contributed by atoms with Crippen molar-refractivity contribution in [1.82, 2.24) is 4.90 Å². The molecule has 6 nitrogen and oxygen atoms in total. The minimum absolute atomic E-state index is 0.283. The van der Waals surface area contributed by atoms with E-state index in [0.29, 0.717) is 32.5 Å². The van der Waals surface area contributed by atoms with E-state index >= 15 is 0 Å². The molecule has 1 heterocycles. The molecule has 0 aromatic rings. The number of piperidine rings is 1. The van der Waals surface area contributed by atoms with Crippen LogP contribution in [0.2, 0.25) is 0 Å². The van der Waals surface area contributed by atoms with Crippen LogP contribution in [0, 0.1) is 5.41 Å². The number of rotatable bonds is 4. The fraction of sp³-hybridized carbons (Fsp3) is 0.882. The van der Waals surface area contributed by atoms with Gasteiger partial charge >= 0.3 is 12.1 Å². The Labute approximate surface area is 139 Å². The van der Waals surface area contributed by atoms with E-state index in [2.05, 4.69) is 0 Å². The molecule has 0 spiro atoms. The molecule has 0 bridgehead atoms. The number of ether oxygens (including phenoxy) is 3. The average Bonchev–Trinajstić information content (AvgIpc) is 2.43. The molecule has 1 aliphatic rings. The van der Waals surface area contributed by atoms with E-state index in [1.54, 1.807) is 18.7 Å². The lowest BCUT2D eigenvalue weighted by molar-refractivity contribution is -0.160. The lowest BCUT2D eigenvalue weighted by Gasteiger charge is -2.40. The molecule has 1 fully saturated rings. The number of hydrogen-bond donors (Lipinski definition) is 0. The summed E-state index contributed by atoms with van der Waals surface area (Å²) in [5, 5.41) is 0. The van der Waals surface area contributed by atoms with Crippen molar-refractivity contribution >= 4 is 12.1 Å². The number of likely N-dealkylation sites (tertiary alicyclic amines) is 1. The van der Waals surface area contributed by atoms with Crippen LogP contribution in [0.5, 0.6) is 0 Å². The molecule has 1 aliphatic heterocycles. The number of carbonyl (C=O) groups excluding carboxylic acids is 2. The fourth-order valence-corrected chi connectivity index (χ4v) is 2.32. The van der Waals surface area contributed by atoms with Gasteiger partial charge in [0, 0.05) is 13.1 Å². The number of methoxy groups -OCH3 is 1. The fourth-order valence-electron chi connectivity index (χ4n) is 2.32. The summed E-state index contributed by atoms with van der Waals surface area (Å²) in [6, 6.07) is 0. The van der Waals surface area contributed by atoms with Crippen LogP contribution in [0.3, 0.4) is 0 Å². The first kappa shape index (κ1) is 19.7. The molecule has 0 aromatic heterocycles. The third-order valence-corrected chi connectivity index (χ3v) is 3.99. The predicted molar refractivity (Wildman–Crippen MR) is 87.2 cm³/mol. The third-order valence-electron chi connectivity index (χ3n) is 3.99. The van der Waals surface area contributed by atoms with Crippen LogP contribution in [0.15, 0.2) is 0 Å². The quantitative estimate of drug-likeness (QED) is 0.742. The summed E-state index contributed by atoms with van der Waals surface area (Å²) >= 11 is 0. The Kier molecular flexibility index (Phi) is 6.07. The summed E-state index contributed by atoms with van der Waals surface area (Å²) in [5.74, 6) is -0.285. The van der Waals surface area contributed by atoms with Gasteiger partial charge in [-0.05, 0) is 54.4 Å². The van der Waals surface area contributed by atoms with E-state index < -0.39 is 11.0 Å². The highest BCUT2D eigenvalue weighted by atomic mass is 16.6. The first-order valence-corrected chi connectivity index (χ1v) is 8.09. The van der Waals surface area contributed by atoms with Crippen molar-refractivity contribution in [1.29, 1.82) is 0 Å². The molecule has 1 rings (SSSR count). The number of nitrogens with zero attached hydrogens (tertiary/aromatic N) is 1. The Morgan fingerprint density at radius 3 is 2.04 bits per heavy atom. The normalized spacial score (nSPS) is 18.5. The molecule has 134 valence electrons. The summed E-state index contributed by atoms with van der Waals surface area (Å²) in [6.07, 6.45) is 1.14. The van der Waals surface area contributed by atoms with Crippen molar-refractivity contribution in [2.24, 2.45) is 5.41 Å². The van der Waals surface area contributed by atoms with E-state index in [1.165, 1.54) is 7.11 Å². The van der Waals surface area contributed by atoms with Gasteiger partial charge in [-0.15, -0.1) is 0 Å². The minimum atomic E-state index is -0.680. The molecule has 0 aromatic carbocycles. The molecular weight excluding hydrogens is 298 g/mol. The van der Waals surface area contributed by atoms with Gasteiger partial charge in [-0.1, -0.05) is 0 Å². The number of hydrogen-bond acceptors (Lipinski definition) is 5. The van der Waals surface area contributed by atoms with Gasteiger partial charge in [0.25, 0.3) is 0 Å². The van der Waals surface area contributed by atoms with Gasteiger partial charge in [-0.3, -0.25) is 4.79 Å². The van der Waals surface area contributed by atoms with Crippen molar-refractivity contribution in [2.45, 2.75) is 65.6 Å². The zero-order valence-corrected chi connectivity index (χ0v) is 15.5. The van der Waals surface area contributed by atoms with Crippen LogP contribution in [0.4, 0.5) is 4.79 Å². The first-order valence-electron chi connectivity index (χ1n) is 8.09. The van der Waals surface area contributed by atoms with Crippen LogP contribution in [-0.2, 0) is 19.0 Å². The third kappa shape index (κ3) is 6.01. The van der Waals surface area contributed by atoms with E-state index in [-0.39, 0.29) is 17.7 Å². The second-order valence-corrected chi connectivity index (χ2v) is 8.08. The van der Waals surface area contributed by atoms with E-state index in [0.717, 1.165) is 0 Å². The molecule has 23 heavy (non-hydrogen) atoms. The Morgan fingerprint density at radius 2 is 1.61 bits per heavy atom. The summed E-state index contributed by atoms with van der Waals surface area (Å²) in [4.78, 5) is 25.5. The second-order valence-electron chi connectivity index (χ2n) is 8.08. The van der Waals surface area contributed by atoms with Gasteiger partial charge in [0.1, 0.15) is 5.60 Å². The van der Waals surface area contributed by atoms with Crippen LogP contribution >= 0.6 is 0 Å². The number of esters is 1. The van der Waals surface area contributed by atoms with Crippen molar-refractivity contribution in [2.75, 3.05) is 26.8 Å². The predicted octanol–water partition coefficient (Wildman–Crippen LogP) is 2.99. The minimum Gasteiger partial charge on any atom is -0.469 e. The summed E-state index contributed by atoms with van der Waals surface area (Å²) in [7, 11) is 1.38. The highest BCUT2D eigenvalue weighted by Gasteiger charge is 2.37. The molecule has 0 radical (unpaired) electrons. The van der Waals surface area contributed by atoms with Crippen molar-refractivity contribution in [3.8, 4) is 0 Å².